The van der Waals surface area contributed by atoms with Crippen molar-refractivity contribution in [2.24, 2.45) is 0 Å². The van der Waals surface area contributed by atoms with E-state index in [1.54, 1.807) is 17.2 Å². The summed E-state index contributed by atoms with van der Waals surface area (Å²) in [6.07, 6.45) is 3.19. The van der Waals surface area contributed by atoms with Crippen LogP contribution in [-0.2, 0) is 4.79 Å². The number of hydrogen-bond acceptors (Lipinski definition) is 4. The Morgan fingerprint density at radius 3 is 2.64 bits per heavy atom. The van der Waals surface area contributed by atoms with Crippen LogP contribution in [0.3, 0.4) is 0 Å². The first-order valence-corrected chi connectivity index (χ1v) is 8.75. The second-order valence-electron chi connectivity index (χ2n) is 5.64. The number of benzene rings is 2. The molecule has 0 aliphatic heterocycles. The largest absolute Gasteiger partial charge is 0.482 e. The smallest absolute Gasteiger partial charge is 0.262 e. The molecule has 1 N–H and O–H groups in total. The summed E-state index contributed by atoms with van der Waals surface area (Å²) in [5, 5.41) is 10.5. The molecule has 0 radical (unpaired) electrons. The molecular weight excluding hydrogens is 431 g/mol. The number of ether oxygens (including phenoxy) is 1. The van der Waals surface area contributed by atoms with Gasteiger partial charge in [0.25, 0.3) is 5.91 Å². The van der Waals surface area contributed by atoms with Crippen LogP contribution in [0.4, 0.5) is 5.69 Å². The molecule has 3 rings (SSSR count). The highest BCUT2D eigenvalue weighted by Crippen LogP contribution is 2.24. The summed E-state index contributed by atoms with van der Waals surface area (Å²) in [6.45, 7) is 3.87. The summed E-state index contributed by atoms with van der Waals surface area (Å²) >= 11 is 2.24. The Morgan fingerprint density at radius 1 is 1.16 bits per heavy atom. The van der Waals surface area contributed by atoms with Crippen LogP contribution in [0.5, 0.6) is 5.75 Å². The molecule has 3 aromatic rings. The first kappa shape index (κ1) is 17.4. The highest BCUT2D eigenvalue weighted by atomic mass is 127. The maximum atomic E-state index is 12.2. The van der Waals surface area contributed by atoms with Gasteiger partial charge < -0.3 is 10.1 Å². The molecule has 128 valence electrons. The molecule has 0 bridgehead atoms. The lowest BCUT2D eigenvalue weighted by Crippen LogP contribution is -2.21. The Bertz CT molecular complexity index is 894. The number of amides is 1. The molecule has 0 spiro atoms. The maximum absolute atomic E-state index is 12.2. The average Bonchev–Trinajstić information content (AvgIpc) is 3.10. The van der Waals surface area contributed by atoms with Gasteiger partial charge in [0.15, 0.2) is 6.61 Å². The van der Waals surface area contributed by atoms with Gasteiger partial charge in [-0.1, -0.05) is 6.07 Å². The molecule has 0 fully saturated rings. The average molecular weight is 448 g/mol. The highest BCUT2D eigenvalue weighted by Gasteiger charge is 2.10. The standard InChI is InChI=1S/C18H17IN4O2/c1-12-3-6-17(16(7-12)23-10-20-21-11-23)25-9-18(24)22-15-5-4-14(19)8-13(15)2/h3-8,10-11H,9H2,1-2H3,(H,22,24). The van der Waals surface area contributed by atoms with Gasteiger partial charge in [-0.2, -0.15) is 0 Å². The van der Waals surface area contributed by atoms with Crippen molar-refractivity contribution in [2.45, 2.75) is 13.8 Å². The van der Waals surface area contributed by atoms with Gasteiger partial charge in [0.2, 0.25) is 0 Å². The van der Waals surface area contributed by atoms with Gasteiger partial charge in [0.05, 0.1) is 5.69 Å². The number of aromatic nitrogens is 3. The van der Waals surface area contributed by atoms with Gasteiger partial charge in [-0.05, 0) is 77.9 Å². The van der Waals surface area contributed by atoms with Crippen molar-refractivity contribution in [2.75, 3.05) is 11.9 Å². The van der Waals surface area contributed by atoms with E-state index in [4.69, 9.17) is 4.74 Å². The van der Waals surface area contributed by atoms with E-state index in [0.717, 1.165) is 26.1 Å². The summed E-state index contributed by atoms with van der Waals surface area (Å²) in [4.78, 5) is 12.2. The summed E-state index contributed by atoms with van der Waals surface area (Å²) in [5.74, 6) is 0.388. The first-order valence-electron chi connectivity index (χ1n) is 7.67. The van der Waals surface area contributed by atoms with Gasteiger partial charge in [0, 0.05) is 9.26 Å². The van der Waals surface area contributed by atoms with Crippen LogP contribution in [0, 0.1) is 17.4 Å². The van der Waals surface area contributed by atoms with Crippen molar-refractivity contribution in [3.05, 3.63) is 63.7 Å². The van der Waals surface area contributed by atoms with Gasteiger partial charge >= 0.3 is 0 Å². The Balaban J connectivity index is 1.70. The van der Waals surface area contributed by atoms with Gasteiger partial charge in [-0.3, -0.25) is 9.36 Å². The molecule has 0 unspecified atom stereocenters. The molecule has 7 heteroatoms. The van der Waals surface area contributed by atoms with Gasteiger partial charge in [-0.25, -0.2) is 0 Å². The van der Waals surface area contributed by atoms with E-state index >= 15 is 0 Å². The lowest BCUT2D eigenvalue weighted by Gasteiger charge is -2.13. The van der Waals surface area contributed by atoms with Crippen molar-refractivity contribution in [1.82, 2.24) is 14.8 Å². The fourth-order valence-corrected chi connectivity index (χ4v) is 3.02. The van der Waals surface area contributed by atoms with E-state index in [9.17, 15) is 4.79 Å². The van der Waals surface area contributed by atoms with Gasteiger partial charge in [-0.15, -0.1) is 10.2 Å². The molecule has 0 aliphatic carbocycles. The molecule has 6 nitrogen and oxygen atoms in total. The number of aryl methyl sites for hydroxylation is 2. The van der Waals surface area contributed by atoms with Crippen molar-refractivity contribution < 1.29 is 9.53 Å². The molecule has 2 aromatic carbocycles. The van der Waals surface area contributed by atoms with Crippen molar-refractivity contribution in [3.8, 4) is 11.4 Å². The number of halogens is 1. The minimum atomic E-state index is -0.209. The molecule has 1 amide bonds. The van der Waals surface area contributed by atoms with Crippen LogP contribution in [0.2, 0.25) is 0 Å². The van der Waals surface area contributed by atoms with E-state index in [1.807, 2.05) is 50.2 Å². The van der Waals surface area contributed by atoms with Crippen molar-refractivity contribution in [1.29, 1.82) is 0 Å². The number of carbonyl (C=O) groups excluding carboxylic acids is 1. The Morgan fingerprint density at radius 2 is 1.92 bits per heavy atom. The lowest BCUT2D eigenvalue weighted by molar-refractivity contribution is -0.118. The fraction of sp³-hybridized carbons (Fsp3) is 0.167. The minimum absolute atomic E-state index is 0.0797. The number of nitrogens with zero attached hydrogens (tertiary/aromatic N) is 3. The molecular formula is C18H17IN4O2. The molecule has 1 aromatic heterocycles. The Hall–Kier alpha value is -2.42. The SMILES string of the molecule is Cc1ccc(OCC(=O)Nc2ccc(I)cc2C)c(-n2cnnc2)c1. The predicted octanol–water partition coefficient (Wildman–Crippen LogP) is 3.51. The number of nitrogens with one attached hydrogen (secondary N) is 1. The van der Waals surface area contributed by atoms with Gasteiger partial charge in [0.1, 0.15) is 18.4 Å². The number of anilines is 1. The topological polar surface area (TPSA) is 69.0 Å². The molecule has 25 heavy (non-hydrogen) atoms. The summed E-state index contributed by atoms with van der Waals surface area (Å²) in [5.41, 5.74) is 3.68. The van der Waals surface area contributed by atoms with E-state index in [0.29, 0.717) is 5.75 Å². The number of carbonyl (C=O) groups is 1. The molecule has 0 aliphatic rings. The van der Waals surface area contributed by atoms with Crippen LogP contribution in [-0.4, -0.2) is 27.3 Å². The summed E-state index contributed by atoms with van der Waals surface area (Å²) < 4.78 is 8.60. The zero-order valence-electron chi connectivity index (χ0n) is 13.9. The second-order valence-corrected chi connectivity index (χ2v) is 6.88. The maximum Gasteiger partial charge on any atom is 0.262 e. The molecule has 0 saturated heterocycles. The van der Waals surface area contributed by atoms with E-state index in [2.05, 4.69) is 38.1 Å². The molecule has 0 saturated carbocycles. The number of rotatable bonds is 5. The third-order valence-electron chi connectivity index (χ3n) is 3.63. The molecule has 1 heterocycles. The zero-order valence-corrected chi connectivity index (χ0v) is 16.0. The van der Waals surface area contributed by atoms with Crippen LogP contribution < -0.4 is 10.1 Å². The predicted molar refractivity (Wildman–Crippen MR) is 104 cm³/mol. The Labute approximate surface area is 159 Å². The van der Waals surface area contributed by atoms with Crippen LogP contribution >= 0.6 is 22.6 Å². The molecule has 0 atom stereocenters. The quantitative estimate of drug-likeness (QED) is 0.607. The number of hydrogen-bond donors (Lipinski definition) is 1. The van der Waals surface area contributed by atoms with Crippen LogP contribution in [0.25, 0.3) is 5.69 Å². The van der Waals surface area contributed by atoms with E-state index < -0.39 is 0 Å². The second kappa shape index (κ2) is 7.64. The minimum Gasteiger partial charge on any atom is -0.482 e. The van der Waals surface area contributed by atoms with Crippen LogP contribution in [0.1, 0.15) is 11.1 Å². The van der Waals surface area contributed by atoms with E-state index in [-0.39, 0.29) is 12.5 Å². The highest BCUT2D eigenvalue weighted by molar-refractivity contribution is 14.1. The third kappa shape index (κ3) is 4.36. The normalized spacial score (nSPS) is 10.5. The summed E-state index contributed by atoms with van der Waals surface area (Å²) in [6, 6.07) is 11.6. The monoisotopic (exact) mass is 448 g/mol. The third-order valence-corrected chi connectivity index (χ3v) is 4.30. The van der Waals surface area contributed by atoms with Crippen molar-refractivity contribution in [3.63, 3.8) is 0 Å². The van der Waals surface area contributed by atoms with Crippen LogP contribution in [0.15, 0.2) is 49.1 Å². The zero-order chi connectivity index (χ0) is 17.8. The summed E-state index contributed by atoms with van der Waals surface area (Å²) in [7, 11) is 0. The van der Waals surface area contributed by atoms with Crippen molar-refractivity contribution >= 4 is 34.2 Å². The van der Waals surface area contributed by atoms with E-state index in [1.165, 1.54) is 0 Å². The lowest BCUT2D eigenvalue weighted by atomic mass is 10.2. The first-order chi connectivity index (χ1) is 12.0. The Kier molecular flexibility index (Phi) is 5.32. The fourth-order valence-electron chi connectivity index (χ4n) is 2.37.